The molecule has 100 valence electrons. The largest absolute Gasteiger partial charge is 0.496 e. The average molecular weight is 274 g/mol. The van der Waals surface area contributed by atoms with Gasteiger partial charge in [-0.1, -0.05) is 0 Å². The van der Waals surface area contributed by atoms with Crippen LogP contribution in [0.2, 0.25) is 0 Å². The average Bonchev–Trinajstić information content (AvgIpc) is 2.35. The molecule has 0 unspecified atom stereocenters. The first-order valence-corrected chi connectivity index (χ1v) is 6.70. The Balaban J connectivity index is 3.20. The van der Waals surface area contributed by atoms with Gasteiger partial charge in [-0.25, -0.2) is 13.2 Å². The van der Waals surface area contributed by atoms with Crippen molar-refractivity contribution in [1.29, 1.82) is 0 Å². The molecule has 0 fully saturated rings. The van der Waals surface area contributed by atoms with Crippen molar-refractivity contribution in [3.8, 4) is 5.75 Å². The molecule has 0 amide bonds. The van der Waals surface area contributed by atoms with Gasteiger partial charge in [0.15, 0.2) is 9.84 Å². The second-order valence-electron chi connectivity index (χ2n) is 3.48. The van der Waals surface area contributed by atoms with E-state index in [9.17, 15) is 13.2 Å². The van der Waals surface area contributed by atoms with Gasteiger partial charge in [0.05, 0.1) is 24.4 Å². The zero-order valence-electron chi connectivity index (χ0n) is 10.0. The Morgan fingerprint density at radius 1 is 1.33 bits per heavy atom. The number of benzene rings is 1. The number of carboxylic acids is 1. The van der Waals surface area contributed by atoms with E-state index in [4.69, 9.17) is 14.6 Å². The van der Waals surface area contributed by atoms with E-state index < -0.39 is 15.8 Å². The smallest absolute Gasteiger partial charge is 0.339 e. The summed E-state index contributed by atoms with van der Waals surface area (Å²) < 4.78 is 33.3. The summed E-state index contributed by atoms with van der Waals surface area (Å²) in [6, 6.07) is 3.73. The van der Waals surface area contributed by atoms with Gasteiger partial charge in [-0.05, 0) is 18.2 Å². The highest BCUT2D eigenvalue weighted by molar-refractivity contribution is 7.91. The number of methoxy groups -OCH3 is 2. The van der Waals surface area contributed by atoms with Crippen molar-refractivity contribution >= 4 is 15.8 Å². The van der Waals surface area contributed by atoms with Crippen molar-refractivity contribution in [2.75, 3.05) is 26.6 Å². The summed E-state index contributed by atoms with van der Waals surface area (Å²) in [5, 5.41) is 8.96. The van der Waals surface area contributed by atoms with Gasteiger partial charge in [0.2, 0.25) is 0 Å². The van der Waals surface area contributed by atoms with Gasteiger partial charge < -0.3 is 14.6 Å². The summed E-state index contributed by atoms with van der Waals surface area (Å²) in [5.41, 5.74) is -0.184. The van der Waals surface area contributed by atoms with Crippen LogP contribution in [0.5, 0.6) is 5.75 Å². The maximum atomic E-state index is 11.9. The molecular formula is C11H14O6S. The van der Waals surface area contributed by atoms with Crippen molar-refractivity contribution in [2.24, 2.45) is 0 Å². The molecule has 0 saturated carbocycles. The third kappa shape index (κ3) is 3.21. The first kappa shape index (κ1) is 14.5. The number of hydrogen-bond donors (Lipinski definition) is 1. The molecule has 1 aromatic carbocycles. The standard InChI is InChI=1S/C11H14O6S/c1-16-5-6-18(14,15)8-3-4-10(17-2)9(7-8)11(12)13/h3-4,7H,5-6H2,1-2H3,(H,12,13). The van der Waals surface area contributed by atoms with E-state index >= 15 is 0 Å². The molecule has 0 heterocycles. The lowest BCUT2D eigenvalue weighted by molar-refractivity contribution is 0.0693. The van der Waals surface area contributed by atoms with Crippen molar-refractivity contribution in [2.45, 2.75) is 4.90 Å². The highest BCUT2D eigenvalue weighted by Gasteiger charge is 2.19. The maximum Gasteiger partial charge on any atom is 0.339 e. The molecule has 18 heavy (non-hydrogen) atoms. The molecule has 0 saturated heterocycles. The molecule has 0 atom stereocenters. The molecule has 0 aliphatic heterocycles. The van der Waals surface area contributed by atoms with Gasteiger partial charge in [-0.15, -0.1) is 0 Å². The molecule has 0 aliphatic rings. The molecule has 6 nitrogen and oxygen atoms in total. The van der Waals surface area contributed by atoms with Gasteiger partial charge in [0.25, 0.3) is 0 Å². The van der Waals surface area contributed by atoms with E-state index in [0.717, 1.165) is 6.07 Å². The molecule has 1 rings (SSSR count). The summed E-state index contributed by atoms with van der Waals surface area (Å²) in [7, 11) is -0.832. The molecule has 0 aliphatic carbocycles. The van der Waals surface area contributed by atoms with Crippen LogP contribution in [0.15, 0.2) is 23.1 Å². The number of rotatable bonds is 6. The lowest BCUT2D eigenvalue weighted by Gasteiger charge is -2.08. The van der Waals surface area contributed by atoms with Crippen molar-refractivity contribution in [1.82, 2.24) is 0 Å². The second kappa shape index (κ2) is 5.83. The van der Waals surface area contributed by atoms with Crippen LogP contribution in [0.3, 0.4) is 0 Å². The first-order chi connectivity index (χ1) is 8.42. The predicted molar refractivity (Wildman–Crippen MR) is 63.9 cm³/mol. The van der Waals surface area contributed by atoms with Crippen molar-refractivity contribution in [3.05, 3.63) is 23.8 Å². The van der Waals surface area contributed by atoms with E-state index in [1.807, 2.05) is 0 Å². The SMILES string of the molecule is COCCS(=O)(=O)c1ccc(OC)c(C(=O)O)c1. The fourth-order valence-electron chi connectivity index (χ4n) is 1.36. The minimum absolute atomic E-state index is 0.0523. The van der Waals surface area contributed by atoms with E-state index in [0.29, 0.717) is 0 Å². The van der Waals surface area contributed by atoms with Crippen LogP contribution in [0.1, 0.15) is 10.4 Å². The summed E-state index contributed by atoms with van der Waals surface area (Å²) in [5.74, 6) is -1.32. The van der Waals surface area contributed by atoms with E-state index in [1.165, 1.54) is 26.4 Å². The van der Waals surface area contributed by atoms with Gasteiger partial charge in [-0.3, -0.25) is 0 Å². The number of aromatic carboxylic acids is 1. The normalized spacial score (nSPS) is 11.2. The molecule has 7 heteroatoms. The van der Waals surface area contributed by atoms with E-state index in [-0.39, 0.29) is 28.6 Å². The Kier molecular flexibility index (Phi) is 4.69. The Morgan fingerprint density at radius 2 is 2.00 bits per heavy atom. The monoisotopic (exact) mass is 274 g/mol. The predicted octanol–water partition coefficient (Wildman–Crippen LogP) is 0.813. The Morgan fingerprint density at radius 3 is 2.50 bits per heavy atom. The lowest BCUT2D eigenvalue weighted by Crippen LogP contribution is -2.12. The van der Waals surface area contributed by atoms with Crippen LogP contribution in [0.4, 0.5) is 0 Å². The van der Waals surface area contributed by atoms with Gasteiger partial charge in [0, 0.05) is 7.11 Å². The second-order valence-corrected chi connectivity index (χ2v) is 5.59. The highest BCUT2D eigenvalue weighted by Crippen LogP contribution is 2.23. The number of carbonyl (C=O) groups is 1. The van der Waals surface area contributed by atoms with Crippen molar-refractivity contribution < 1.29 is 27.8 Å². The summed E-state index contributed by atoms with van der Waals surface area (Å²) in [6.07, 6.45) is 0. The minimum atomic E-state index is -3.55. The first-order valence-electron chi connectivity index (χ1n) is 5.05. The zero-order valence-corrected chi connectivity index (χ0v) is 10.9. The van der Waals surface area contributed by atoms with E-state index in [1.54, 1.807) is 0 Å². The molecule has 0 radical (unpaired) electrons. The molecule has 0 spiro atoms. The number of carboxylic acid groups (broad SMARTS) is 1. The van der Waals surface area contributed by atoms with Gasteiger partial charge in [0.1, 0.15) is 11.3 Å². The topological polar surface area (TPSA) is 89.9 Å². The quantitative estimate of drug-likeness (QED) is 0.825. The van der Waals surface area contributed by atoms with Crippen LogP contribution >= 0.6 is 0 Å². The van der Waals surface area contributed by atoms with E-state index in [2.05, 4.69) is 0 Å². The number of ether oxygens (including phenoxy) is 2. The molecule has 1 N–H and O–H groups in total. The summed E-state index contributed by atoms with van der Waals surface area (Å²) in [4.78, 5) is 10.9. The molecular weight excluding hydrogens is 260 g/mol. The fraction of sp³-hybridized carbons (Fsp3) is 0.364. The highest BCUT2D eigenvalue weighted by atomic mass is 32.2. The number of sulfone groups is 1. The van der Waals surface area contributed by atoms with Crippen LogP contribution in [-0.2, 0) is 14.6 Å². The Labute approximate surface area is 105 Å². The zero-order chi connectivity index (χ0) is 13.8. The fourth-order valence-corrected chi connectivity index (χ4v) is 2.55. The third-order valence-corrected chi connectivity index (χ3v) is 3.99. The summed E-state index contributed by atoms with van der Waals surface area (Å²) in [6.45, 7) is 0.0523. The van der Waals surface area contributed by atoms with Gasteiger partial charge in [-0.2, -0.15) is 0 Å². The summed E-state index contributed by atoms with van der Waals surface area (Å²) >= 11 is 0. The van der Waals surface area contributed by atoms with Crippen LogP contribution in [0.25, 0.3) is 0 Å². The van der Waals surface area contributed by atoms with Gasteiger partial charge >= 0.3 is 5.97 Å². The molecule has 0 aromatic heterocycles. The van der Waals surface area contributed by atoms with Crippen LogP contribution in [0, 0.1) is 0 Å². The number of hydrogen-bond acceptors (Lipinski definition) is 5. The van der Waals surface area contributed by atoms with Crippen molar-refractivity contribution in [3.63, 3.8) is 0 Å². The lowest BCUT2D eigenvalue weighted by atomic mass is 10.2. The third-order valence-electron chi connectivity index (χ3n) is 2.32. The Hall–Kier alpha value is -1.60. The minimum Gasteiger partial charge on any atom is -0.496 e. The van der Waals surface area contributed by atoms with Crippen LogP contribution in [-0.4, -0.2) is 46.1 Å². The Bertz CT molecular complexity index is 534. The maximum absolute atomic E-state index is 11.9. The molecule has 1 aromatic rings. The molecule has 0 bridgehead atoms. The van der Waals surface area contributed by atoms with Crippen LogP contribution < -0.4 is 4.74 Å².